The summed E-state index contributed by atoms with van der Waals surface area (Å²) in [6.45, 7) is 1.91. The first kappa shape index (κ1) is 14.9. The Morgan fingerprint density at radius 1 is 1.28 bits per heavy atom. The molecule has 0 radical (unpaired) electrons. The Balaban J connectivity index is 2.75. The lowest BCUT2D eigenvalue weighted by molar-refractivity contribution is -0.137. The predicted octanol–water partition coefficient (Wildman–Crippen LogP) is 2.71. The lowest BCUT2D eigenvalue weighted by Crippen LogP contribution is -2.26. The number of hydrogen-bond donors (Lipinski definition) is 2. The molecule has 1 rings (SSSR count). The van der Waals surface area contributed by atoms with Crippen LogP contribution in [0.1, 0.15) is 24.5 Å². The quantitative estimate of drug-likeness (QED) is 0.802. The molecule has 0 fully saturated rings. The van der Waals surface area contributed by atoms with Crippen LogP contribution in [-0.4, -0.2) is 17.8 Å². The Hall–Kier alpha value is -1.14. The van der Waals surface area contributed by atoms with Crippen LogP contribution in [0.25, 0.3) is 0 Å². The van der Waals surface area contributed by atoms with E-state index in [1.165, 1.54) is 0 Å². The first-order valence-electron chi connectivity index (χ1n) is 5.54. The van der Waals surface area contributed by atoms with Gasteiger partial charge in [0, 0.05) is 19.2 Å². The Morgan fingerprint density at radius 3 is 2.50 bits per heavy atom. The lowest BCUT2D eigenvalue weighted by Gasteiger charge is -2.14. The third-order valence-corrected chi connectivity index (χ3v) is 2.50. The van der Waals surface area contributed by atoms with Crippen molar-refractivity contribution in [3.63, 3.8) is 0 Å². The van der Waals surface area contributed by atoms with Crippen LogP contribution in [-0.2, 0) is 12.7 Å². The zero-order chi connectivity index (χ0) is 13.8. The molecule has 1 atom stereocenters. The average molecular weight is 265 g/mol. The normalized spacial score (nSPS) is 13.7. The van der Waals surface area contributed by atoms with Gasteiger partial charge in [-0.15, -0.1) is 0 Å². The zero-order valence-corrected chi connectivity index (χ0v) is 9.89. The van der Waals surface area contributed by atoms with Gasteiger partial charge in [-0.2, -0.15) is 13.2 Å². The minimum absolute atomic E-state index is 0.00881. The summed E-state index contributed by atoms with van der Waals surface area (Å²) in [5.74, 6) is -0.906. The number of aliphatic hydroxyl groups is 1. The topological polar surface area (TPSA) is 32.3 Å². The highest BCUT2D eigenvalue weighted by molar-refractivity contribution is 5.26. The molecular formula is C12H15F4NO. The van der Waals surface area contributed by atoms with Crippen LogP contribution < -0.4 is 5.32 Å². The molecule has 0 bridgehead atoms. The lowest BCUT2D eigenvalue weighted by atomic mass is 10.1. The minimum Gasteiger partial charge on any atom is -0.396 e. The van der Waals surface area contributed by atoms with Crippen molar-refractivity contribution in [3.05, 3.63) is 35.1 Å². The zero-order valence-electron chi connectivity index (χ0n) is 9.89. The maximum Gasteiger partial charge on any atom is 0.416 e. The SMILES string of the molecule is CC(CCO)NCc1cc(F)cc(C(F)(F)F)c1. The van der Waals surface area contributed by atoms with E-state index < -0.39 is 17.6 Å². The number of aliphatic hydroxyl groups excluding tert-OH is 1. The van der Waals surface area contributed by atoms with Crippen LogP contribution in [0.15, 0.2) is 18.2 Å². The minimum atomic E-state index is -4.55. The van der Waals surface area contributed by atoms with Gasteiger partial charge in [0.15, 0.2) is 0 Å². The number of rotatable bonds is 5. The van der Waals surface area contributed by atoms with E-state index in [1.807, 2.05) is 0 Å². The Bertz CT molecular complexity index is 392. The summed E-state index contributed by atoms with van der Waals surface area (Å²) in [6, 6.07) is 2.41. The summed E-state index contributed by atoms with van der Waals surface area (Å²) >= 11 is 0. The highest BCUT2D eigenvalue weighted by atomic mass is 19.4. The highest BCUT2D eigenvalue weighted by Gasteiger charge is 2.31. The van der Waals surface area contributed by atoms with Gasteiger partial charge < -0.3 is 10.4 Å². The van der Waals surface area contributed by atoms with Crippen LogP contribution in [0.2, 0.25) is 0 Å². The van der Waals surface area contributed by atoms with Crippen molar-refractivity contribution in [3.8, 4) is 0 Å². The fourth-order valence-corrected chi connectivity index (χ4v) is 1.50. The van der Waals surface area contributed by atoms with Gasteiger partial charge in [0.25, 0.3) is 0 Å². The van der Waals surface area contributed by atoms with E-state index in [4.69, 9.17) is 5.11 Å². The predicted molar refractivity (Wildman–Crippen MR) is 59.4 cm³/mol. The van der Waals surface area contributed by atoms with Crippen molar-refractivity contribution in [1.82, 2.24) is 5.32 Å². The van der Waals surface area contributed by atoms with Gasteiger partial charge in [-0.3, -0.25) is 0 Å². The van der Waals surface area contributed by atoms with E-state index in [1.54, 1.807) is 6.92 Å². The van der Waals surface area contributed by atoms with Gasteiger partial charge in [-0.1, -0.05) is 0 Å². The van der Waals surface area contributed by atoms with Gasteiger partial charge >= 0.3 is 6.18 Å². The molecule has 0 spiro atoms. The number of halogens is 4. The summed E-state index contributed by atoms with van der Waals surface area (Å²) in [7, 11) is 0. The Labute approximate surface area is 103 Å². The third-order valence-electron chi connectivity index (χ3n) is 2.50. The molecule has 1 aromatic carbocycles. The highest BCUT2D eigenvalue weighted by Crippen LogP contribution is 2.30. The molecule has 1 aromatic rings. The summed E-state index contributed by atoms with van der Waals surface area (Å²) < 4.78 is 50.4. The largest absolute Gasteiger partial charge is 0.416 e. The molecule has 2 nitrogen and oxygen atoms in total. The van der Waals surface area contributed by atoms with Crippen molar-refractivity contribution in [2.45, 2.75) is 32.1 Å². The van der Waals surface area contributed by atoms with Gasteiger partial charge in [-0.05, 0) is 37.1 Å². The van der Waals surface area contributed by atoms with E-state index in [0.717, 1.165) is 12.1 Å². The van der Waals surface area contributed by atoms with Gasteiger partial charge in [0.1, 0.15) is 5.82 Å². The molecule has 1 unspecified atom stereocenters. The molecule has 0 aromatic heterocycles. The van der Waals surface area contributed by atoms with E-state index >= 15 is 0 Å². The second-order valence-corrected chi connectivity index (χ2v) is 4.14. The van der Waals surface area contributed by atoms with E-state index in [-0.39, 0.29) is 24.8 Å². The number of alkyl halides is 3. The number of benzene rings is 1. The summed E-state index contributed by atoms with van der Waals surface area (Å²) in [5.41, 5.74) is -0.763. The Morgan fingerprint density at radius 2 is 1.94 bits per heavy atom. The number of nitrogens with one attached hydrogen (secondary N) is 1. The van der Waals surface area contributed by atoms with Crippen molar-refractivity contribution in [2.24, 2.45) is 0 Å². The maximum atomic E-state index is 13.1. The standard InChI is InChI=1S/C12H15F4NO/c1-8(2-3-18)17-7-9-4-10(12(14,15)16)6-11(13)5-9/h4-6,8,17-18H,2-3,7H2,1H3. The fraction of sp³-hybridized carbons (Fsp3) is 0.500. The van der Waals surface area contributed by atoms with Crippen molar-refractivity contribution >= 4 is 0 Å². The fourth-order valence-electron chi connectivity index (χ4n) is 1.50. The summed E-state index contributed by atoms with van der Waals surface area (Å²) in [4.78, 5) is 0. The van der Waals surface area contributed by atoms with Gasteiger partial charge in [0.2, 0.25) is 0 Å². The Kier molecular flexibility index (Phi) is 5.10. The number of hydrogen-bond acceptors (Lipinski definition) is 2. The molecule has 2 N–H and O–H groups in total. The second kappa shape index (κ2) is 6.15. The van der Waals surface area contributed by atoms with Crippen LogP contribution in [0.3, 0.4) is 0 Å². The van der Waals surface area contributed by atoms with E-state index in [0.29, 0.717) is 12.5 Å². The molecule has 0 aliphatic carbocycles. The van der Waals surface area contributed by atoms with Gasteiger partial charge in [0.05, 0.1) is 5.56 Å². The first-order valence-corrected chi connectivity index (χ1v) is 5.54. The van der Waals surface area contributed by atoms with Crippen LogP contribution in [0.5, 0.6) is 0 Å². The molecule has 0 amide bonds. The molecule has 0 saturated heterocycles. The van der Waals surface area contributed by atoms with Crippen molar-refractivity contribution < 1.29 is 22.7 Å². The van der Waals surface area contributed by atoms with Crippen LogP contribution in [0.4, 0.5) is 17.6 Å². The van der Waals surface area contributed by atoms with E-state index in [2.05, 4.69) is 5.32 Å². The summed E-state index contributed by atoms with van der Waals surface area (Å²) in [5, 5.41) is 11.6. The van der Waals surface area contributed by atoms with Crippen molar-refractivity contribution in [1.29, 1.82) is 0 Å². The van der Waals surface area contributed by atoms with Gasteiger partial charge in [-0.25, -0.2) is 4.39 Å². The van der Waals surface area contributed by atoms with Crippen LogP contribution in [0, 0.1) is 5.82 Å². The first-order chi connectivity index (χ1) is 8.32. The molecule has 0 saturated carbocycles. The molecule has 0 aliphatic rings. The van der Waals surface area contributed by atoms with Crippen molar-refractivity contribution in [2.75, 3.05) is 6.61 Å². The molecule has 6 heteroatoms. The average Bonchev–Trinajstić information content (AvgIpc) is 2.25. The third kappa shape index (κ3) is 4.62. The molecule has 0 aliphatic heterocycles. The molecule has 18 heavy (non-hydrogen) atoms. The monoisotopic (exact) mass is 265 g/mol. The van der Waals surface area contributed by atoms with E-state index in [9.17, 15) is 17.6 Å². The molecular weight excluding hydrogens is 250 g/mol. The molecule has 102 valence electrons. The smallest absolute Gasteiger partial charge is 0.396 e. The van der Waals surface area contributed by atoms with Crippen LogP contribution >= 0.6 is 0 Å². The summed E-state index contributed by atoms with van der Waals surface area (Å²) in [6.07, 6.45) is -4.06. The molecule has 0 heterocycles. The maximum absolute atomic E-state index is 13.1. The second-order valence-electron chi connectivity index (χ2n) is 4.14.